The third-order valence-electron chi connectivity index (χ3n) is 4.84. The van der Waals surface area contributed by atoms with Gasteiger partial charge in [0.15, 0.2) is 0 Å². The molecule has 4 rings (SSSR count). The summed E-state index contributed by atoms with van der Waals surface area (Å²) in [5.74, 6) is -0.796. The number of nitrogens with one attached hydrogen (secondary N) is 1. The quantitative estimate of drug-likeness (QED) is 0.507. The monoisotopic (exact) mass is 401 g/mol. The standard InChI is InChI=1S/C23H17F2N5/c24-17-9-16(10-18(25)11-17)21-15(6-5-14-3-1-2-4-19(14)21)7-8-28-23-20(12-26)22(27)29-13-30-23/h1-6,9-11,13H,7-8H2,(H3,27,28,29,30). The van der Waals surface area contributed by atoms with Gasteiger partial charge >= 0.3 is 0 Å². The van der Waals surface area contributed by atoms with Crippen LogP contribution < -0.4 is 11.1 Å². The summed E-state index contributed by atoms with van der Waals surface area (Å²) in [6.45, 7) is 0.439. The molecule has 0 fully saturated rings. The van der Waals surface area contributed by atoms with Crippen molar-refractivity contribution in [1.29, 1.82) is 5.26 Å². The molecule has 1 aromatic heterocycles. The summed E-state index contributed by atoms with van der Waals surface area (Å²) in [7, 11) is 0. The molecule has 0 aliphatic rings. The highest BCUT2D eigenvalue weighted by molar-refractivity contribution is 5.98. The zero-order chi connectivity index (χ0) is 21.1. The Morgan fingerprint density at radius 3 is 2.53 bits per heavy atom. The number of aromatic nitrogens is 2. The van der Waals surface area contributed by atoms with E-state index in [1.807, 2.05) is 42.5 Å². The minimum Gasteiger partial charge on any atom is -0.382 e. The fraction of sp³-hybridized carbons (Fsp3) is 0.0870. The van der Waals surface area contributed by atoms with E-state index in [2.05, 4.69) is 15.3 Å². The molecule has 3 N–H and O–H groups in total. The molecule has 0 saturated heterocycles. The van der Waals surface area contributed by atoms with E-state index >= 15 is 0 Å². The number of nitrogens with zero attached hydrogens (tertiary/aromatic N) is 3. The summed E-state index contributed by atoms with van der Waals surface area (Å²) in [4.78, 5) is 7.89. The van der Waals surface area contributed by atoms with Gasteiger partial charge in [0, 0.05) is 12.6 Å². The molecular weight excluding hydrogens is 384 g/mol. The van der Waals surface area contributed by atoms with Crippen LogP contribution in [0.15, 0.2) is 60.9 Å². The van der Waals surface area contributed by atoms with Crippen LogP contribution in [0, 0.1) is 23.0 Å². The summed E-state index contributed by atoms with van der Waals surface area (Å²) in [5, 5.41) is 14.2. The molecule has 0 aliphatic heterocycles. The fourth-order valence-corrected chi connectivity index (χ4v) is 3.52. The second kappa shape index (κ2) is 8.13. The van der Waals surface area contributed by atoms with Gasteiger partial charge in [-0.2, -0.15) is 5.26 Å². The van der Waals surface area contributed by atoms with E-state index in [4.69, 9.17) is 5.73 Å². The lowest BCUT2D eigenvalue weighted by Gasteiger charge is -2.15. The first kappa shape index (κ1) is 19.3. The summed E-state index contributed by atoms with van der Waals surface area (Å²) >= 11 is 0. The van der Waals surface area contributed by atoms with Crippen molar-refractivity contribution in [2.75, 3.05) is 17.6 Å². The van der Waals surface area contributed by atoms with Crippen LogP contribution in [0.4, 0.5) is 20.4 Å². The lowest BCUT2D eigenvalue weighted by Crippen LogP contribution is -2.10. The van der Waals surface area contributed by atoms with Crippen LogP contribution in [0.5, 0.6) is 0 Å². The van der Waals surface area contributed by atoms with E-state index < -0.39 is 11.6 Å². The number of nitrogens with two attached hydrogens (primary N) is 1. The van der Waals surface area contributed by atoms with Crippen LogP contribution >= 0.6 is 0 Å². The first-order valence-electron chi connectivity index (χ1n) is 9.28. The molecule has 0 aliphatic carbocycles. The maximum atomic E-state index is 13.9. The van der Waals surface area contributed by atoms with Gasteiger partial charge in [0.1, 0.15) is 41.2 Å². The van der Waals surface area contributed by atoms with Crippen LogP contribution in [0.2, 0.25) is 0 Å². The first-order chi connectivity index (χ1) is 14.6. The molecule has 0 radical (unpaired) electrons. The van der Waals surface area contributed by atoms with E-state index in [0.29, 0.717) is 24.3 Å². The SMILES string of the molecule is N#Cc1c(N)ncnc1NCCc1ccc2ccccc2c1-c1cc(F)cc(F)c1. The molecule has 30 heavy (non-hydrogen) atoms. The van der Waals surface area contributed by atoms with Crippen molar-refractivity contribution in [3.05, 3.63) is 83.7 Å². The summed E-state index contributed by atoms with van der Waals surface area (Å²) in [6, 6.07) is 17.1. The third kappa shape index (κ3) is 3.76. The lowest BCUT2D eigenvalue weighted by molar-refractivity contribution is 0.584. The average molecular weight is 401 g/mol. The van der Waals surface area contributed by atoms with Crippen molar-refractivity contribution in [1.82, 2.24) is 9.97 Å². The normalized spacial score (nSPS) is 10.7. The van der Waals surface area contributed by atoms with Crippen molar-refractivity contribution in [2.24, 2.45) is 0 Å². The fourth-order valence-electron chi connectivity index (χ4n) is 3.52. The number of rotatable bonds is 5. The highest BCUT2D eigenvalue weighted by Crippen LogP contribution is 2.33. The first-order valence-corrected chi connectivity index (χ1v) is 9.28. The molecule has 0 unspecified atom stereocenters. The van der Waals surface area contributed by atoms with Crippen LogP contribution in [0.1, 0.15) is 11.1 Å². The zero-order valence-corrected chi connectivity index (χ0v) is 15.9. The molecule has 0 amide bonds. The number of hydrogen-bond acceptors (Lipinski definition) is 5. The van der Waals surface area contributed by atoms with E-state index in [-0.39, 0.29) is 11.4 Å². The summed E-state index contributed by atoms with van der Waals surface area (Å²) in [5.41, 5.74) is 8.06. The van der Waals surface area contributed by atoms with Crippen molar-refractivity contribution >= 4 is 22.4 Å². The molecule has 0 spiro atoms. The average Bonchev–Trinajstić information content (AvgIpc) is 2.73. The predicted molar refractivity (Wildman–Crippen MR) is 113 cm³/mol. The molecule has 0 atom stereocenters. The number of hydrogen-bond donors (Lipinski definition) is 2. The lowest BCUT2D eigenvalue weighted by atomic mass is 9.91. The van der Waals surface area contributed by atoms with Crippen LogP contribution in [0.25, 0.3) is 21.9 Å². The topological polar surface area (TPSA) is 87.6 Å². The van der Waals surface area contributed by atoms with Gasteiger partial charge < -0.3 is 11.1 Å². The Labute approximate surface area is 171 Å². The van der Waals surface area contributed by atoms with E-state index in [9.17, 15) is 14.0 Å². The van der Waals surface area contributed by atoms with Crippen LogP contribution in [-0.4, -0.2) is 16.5 Å². The van der Waals surface area contributed by atoms with Gasteiger partial charge in [-0.25, -0.2) is 18.7 Å². The molecule has 0 bridgehead atoms. The Morgan fingerprint density at radius 1 is 1.00 bits per heavy atom. The highest BCUT2D eigenvalue weighted by atomic mass is 19.1. The number of fused-ring (bicyclic) bond motifs is 1. The Kier molecular flexibility index (Phi) is 5.22. The van der Waals surface area contributed by atoms with Crippen LogP contribution in [-0.2, 0) is 6.42 Å². The predicted octanol–water partition coefficient (Wildman–Crippen LogP) is 4.68. The van der Waals surface area contributed by atoms with Gasteiger partial charge in [0.25, 0.3) is 0 Å². The van der Waals surface area contributed by atoms with E-state index in [1.54, 1.807) is 0 Å². The Hall–Kier alpha value is -4.05. The zero-order valence-electron chi connectivity index (χ0n) is 15.9. The third-order valence-corrected chi connectivity index (χ3v) is 4.84. The summed E-state index contributed by atoms with van der Waals surface area (Å²) in [6.07, 6.45) is 1.82. The Bertz CT molecular complexity index is 1260. The molecule has 4 aromatic rings. The largest absolute Gasteiger partial charge is 0.382 e. The van der Waals surface area contributed by atoms with Crippen LogP contribution in [0.3, 0.4) is 0 Å². The van der Waals surface area contributed by atoms with Gasteiger partial charge in [-0.1, -0.05) is 36.4 Å². The number of halogens is 2. The molecule has 3 aromatic carbocycles. The highest BCUT2D eigenvalue weighted by Gasteiger charge is 2.13. The number of nitriles is 1. The summed E-state index contributed by atoms with van der Waals surface area (Å²) < 4.78 is 27.9. The van der Waals surface area contributed by atoms with Gasteiger partial charge in [0.2, 0.25) is 0 Å². The van der Waals surface area contributed by atoms with Gasteiger partial charge in [-0.3, -0.25) is 0 Å². The molecular formula is C23H17F2N5. The second-order valence-corrected chi connectivity index (χ2v) is 6.75. The number of nitrogen functional groups attached to an aromatic ring is 1. The maximum absolute atomic E-state index is 13.9. The van der Waals surface area contributed by atoms with Crippen molar-refractivity contribution in [3.63, 3.8) is 0 Å². The van der Waals surface area contributed by atoms with Crippen molar-refractivity contribution in [3.8, 4) is 17.2 Å². The van der Waals surface area contributed by atoms with Crippen molar-refractivity contribution in [2.45, 2.75) is 6.42 Å². The molecule has 1 heterocycles. The van der Waals surface area contributed by atoms with E-state index in [0.717, 1.165) is 28.0 Å². The molecule has 0 saturated carbocycles. The Morgan fingerprint density at radius 2 is 1.77 bits per heavy atom. The maximum Gasteiger partial charge on any atom is 0.149 e. The Balaban J connectivity index is 1.71. The van der Waals surface area contributed by atoms with Gasteiger partial charge in [0.05, 0.1) is 0 Å². The number of benzene rings is 3. The number of anilines is 2. The van der Waals surface area contributed by atoms with E-state index in [1.165, 1.54) is 18.5 Å². The minimum atomic E-state index is -0.628. The van der Waals surface area contributed by atoms with Gasteiger partial charge in [-0.15, -0.1) is 0 Å². The second-order valence-electron chi connectivity index (χ2n) is 6.75. The smallest absolute Gasteiger partial charge is 0.149 e. The minimum absolute atomic E-state index is 0.108. The molecule has 148 valence electrons. The molecule has 5 nitrogen and oxygen atoms in total. The molecule has 7 heteroatoms. The van der Waals surface area contributed by atoms with Gasteiger partial charge in [-0.05, 0) is 46.0 Å². The van der Waals surface area contributed by atoms with Crippen molar-refractivity contribution < 1.29 is 8.78 Å².